The molecule has 0 saturated heterocycles. The summed E-state index contributed by atoms with van der Waals surface area (Å²) in [5.74, 6) is 0. The van der Waals surface area contributed by atoms with E-state index in [-0.39, 0.29) is 18.4 Å². The van der Waals surface area contributed by atoms with Gasteiger partial charge in [-0.15, -0.1) is 0 Å². The third-order valence-corrected chi connectivity index (χ3v) is 6.95. The first-order valence-electron chi connectivity index (χ1n) is 11.4. The van der Waals surface area contributed by atoms with E-state index in [1.807, 2.05) is 67.6 Å². The normalized spacial score (nSPS) is 25.3. The van der Waals surface area contributed by atoms with Crippen LogP contribution in [-0.2, 0) is 36.5 Å². The van der Waals surface area contributed by atoms with Crippen LogP contribution in [0.1, 0.15) is 44.2 Å². The van der Waals surface area contributed by atoms with Crippen molar-refractivity contribution in [2.45, 2.75) is 70.7 Å². The molecule has 1 saturated carbocycles. The van der Waals surface area contributed by atoms with E-state index < -0.39 is 19.8 Å². The van der Waals surface area contributed by atoms with Crippen molar-refractivity contribution in [1.29, 1.82) is 0 Å². The van der Waals surface area contributed by atoms with Gasteiger partial charge in [-0.25, -0.2) is 0 Å². The smallest absolute Gasteiger partial charge is 0.328 e. The number of hydrogen-bond acceptors (Lipinski definition) is 5. The molecular formula is C25H35O6P. The highest BCUT2D eigenvalue weighted by molar-refractivity contribution is 7.52. The quantitative estimate of drug-likeness (QED) is 0.430. The van der Waals surface area contributed by atoms with Gasteiger partial charge < -0.3 is 19.1 Å². The first-order valence-corrected chi connectivity index (χ1v) is 13.2. The van der Waals surface area contributed by atoms with Crippen LogP contribution in [0.4, 0.5) is 0 Å². The Morgan fingerprint density at radius 3 is 1.91 bits per heavy atom. The van der Waals surface area contributed by atoms with E-state index in [1.165, 1.54) is 0 Å². The molecule has 0 radical (unpaired) electrons. The minimum Gasteiger partial charge on any atom is -0.375 e. The van der Waals surface area contributed by atoms with Crippen LogP contribution >= 0.6 is 7.60 Å². The molecule has 2 aromatic rings. The second-order valence-electron chi connectivity index (χ2n) is 8.16. The van der Waals surface area contributed by atoms with E-state index >= 15 is 0 Å². The van der Waals surface area contributed by atoms with Crippen molar-refractivity contribution in [2.75, 3.05) is 12.8 Å². The van der Waals surface area contributed by atoms with Gasteiger partial charge in [0.05, 0.1) is 31.5 Å². The van der Waals surface area contributed by atoms with Crippen LogP contribution < -0.4 is 0 Å². The van der Waals surface area contributed by atoms with E-state index in [0.717, 1.165) is 17.5 Å². The second kappa shape index (κ2) is 12.6. The summed E-state index contributed by atoms with van der Waals surface area (Å²) in [5, 5.41) is 0. The molecule has 1 aliphatic carbocycles. The first kappa shape index (κ1) is 25.1. The molecule has 0 heterocycles. The van der Waals surface area contributed by atoms with Gasteiger partial charge in [0.25, 0.3) is 0 Å². The van der Waals surface area contributed by atoms with E-state index in [0.29, 0.717) is 32.7 Å². The molecule has 3 rings (SSSR count). The third-order valence-electron chi connectivity index (χ3n) is 5.58. The lowest BCUT2D eigenvalue weighted by Crippen LogP contribution is -2.50. The molecule has 1 unspecified atom stereocenters. The van der Waals surface area contributed by atoms with Gasteiger partial charge in [-0.05, 0) is 17.5 Å². The van der Waals surface area contributed by atoms with Crippen LogP contribution in [-0.4, -0.2) is 42.1 Å². The van der Waals surface area contributed by atoms with Gasteiger partial charge in [-0.3, -0.25) is 9.09 Å². The molecule has 0 aliphatic heterocycles. The Kier molecular flexibility index (Phi) is 9.92. The van der Waals surface area contributed by atoms with Crippen molar-refractivity contribution in [3.8, 4) is 0 Å². The second-order valence-corrected chi connectivity index (χ2v) is 10.3. The zero-order chi connectivity index (χ0) is 22.8. The topological polar surface area (TPSA) is 74.2 Å². The van der Waals surface area contributed by atoms with Gasteiger partial charge >= 0.3 is 7.60 Å². The Balaban J connectivity index is 1.75. The number of hydrogen-bond donors (Lipinski definition) is 1. The maximum absolute atomic E-state index is 12.5. The lowest BCUT2D eigenvalue weighted by Gasteiger charge is -2.41. The predicted octanol–water partition coefficient (Wildman–Crippen LogP) is 5.34. The van der Waals surface area contributed by atoms with Crippen LogP contribution in [0, 0.1) is 0 Å². The number of rotatable bonds is 12. The highest BCUT2D eigenvalue weighted by atomic mass is 31.2. The molecule has 6 nitrogen and oxygen atoms in total. The molecule has 0 aromatic heterocycles. The highest BCUT2D eigenvalue weighted by Crippen LogP contribution is 2.46. The van der Waals surface area contributed by atoms with Crippen molar-refractivity contribution in [3.63, 3.8) is 0 Å². The molecule has 32 heavy (non-hydrogen) atoms. The molecule has 7 heteroatoms. The van der Waals surface area contributed by atoms with E-state index in [4.69, 9.17) is 18.7 Å². The van der Waals surface area contributed by atoms with Gasteiger partial charge in [-0.2, -0.15) is 0 Å². The molecule has 1 fully saturated rings. The van der Waals surface area contributed by atoms with Crippen LogP contribution in [0.25, 0.3) is 0 Å². The molecular weight excluding hydrogens is 427 g/mol. The largest absolute Gasteiger partial charge is 0.375 e. The Labute approximate surface area is 191 Å². The molecule has 0 bridgehead atoms. The Hall–Kier alpha value is -1.53. The molecule has 5 atom stereocenters. The van der Waals surface area contributed by atoms with Crippen LogP contribution in [0.2, 0.25) is 0 Å². The Bertz CT molecular complexity index is 831. The van der Waals surface area contributed by atoms with Gasteiger partial charge in [0.1, 0.15) is 6.10 Å². The van der Waals surface area contributed by atoms with Crippen molar-refractivity contribution in [1.82, 2.24) is 0 Å². The zero-order valence-corrected chi connectivity index (χ0v) is 19.9. The summed E-state index contributed by atoms with van der Waals surface area (Å²) in [6.07, 6.45) is 0.528. The minimum absolute atomic E-state index is 0.0450. The lowest BCUT2D eigenvalue weighted by molar-refractivity contribution is -0.165. The summed E-state index contributed by atoms with van der Waals surface area (Å²) >= 11 is 0. The average Bonchev–Trinajstić information content (AvgIpc) is 2.82. The van der Waals surface area contributed by atoms with Crippen LogP contribution in [0.5, 0.6) is 0 Å². The van der Waals surface area contributed by atoms with Gasteiger partial charge in [-0.1, -0.05) is 74.5 Å². The standard InChI is InChI=1S/C25H35O6P/c1-3-15-28-23-16-22(29-18-20-11-7-5-8-12-20)17-24(25(23)31-32(26,27)4-2)30-19-21-13-9-6-10-14-21/h5-14,22-25H,3-4,15-19H2,1-2H3,(H,26,27)/t22-,23+,24+,25-/m0/s1. The van der Waals surface area contributed by atoms with Crippen molar-refractivity contribution >= 4 is 7.60 Å². The number of benzene rings is 2. The van der Waals surface area contributed by atoms with Gasteiger partial charge in [0.2, 0.25) is 0 Å². The summed E-state index contributed by atoms with van der Waals surface area (Å²) < 4.78 is 36.8. The molecule has 2 aromatic carbocycles. The molecule has 0 amide bonds. The average molecular weight is 463 g/mol. The maximum atomic E-state index is 12.5. The molecule has 1 N–H and O–H groups in total. The summed E-state index contributed by atoms with van der Waals surface area (Å²) in [7, 11) is -3.73. The van der Waals surface area contributed by atoms with Crippen LogP contribution in [0.15, 0.2) is 60.7 Å². The highest BCUT2D eigenvalue weighted by Gasteiger charge is 2.43. The Morgan fingerprint density at radius 1 is 0.844 bits per heavy atom. The summed E-state index contributed by atoms with van der Waals surface area (Å²) in [6.45, 7) is 5.12. The lowest BCUT2D eigenvalue weighted by atomic mass is 9.89. The van der Waals surface area contributed by atoms with Crippen molar-refractivity contribution < 1.29 is 28.2 Å². The maximum Gasteiger partial charge on any atom is 0.328 e. The number of ether oxygens (including phenoxy) is 3. The first-order chi connectivity index (χ1) is 15.5. The third kappa shape index (κ3) is 7.80. The van der Waals surface area contributed by atoms with Crippen molar-refractivity contribution in [2.24, 2.45) is 0 Å². The zero-order valence-electron chi connectivity index (χ0n) is 19.0. The van der Waals surface area contributed by atoms with Gasteiger partial charge in [0.15, 0.2) is 0 Å². The molecule has 1 aliphatic rings. The van der Waals surface area contributed by atoms with Crippen LogP contribution in [0.3, 0.4) is 0 Å². The summed E-state index contributed by atoms with van der Waals surface area (Å²) in [5.41, 5.74) is 2.14. The Morgan fingerprint density at radius 2 is 1.38 bits per heavy atom. The fraction of sp³-hybridized carbons (Fsp3) is 0.520. The fourth-order valence-electron chi connectivity index (χ4n) is 3.82. The monoisotopic (exact) mass is 462 g/mol. The molecule has 176 valence electrons. The summed E-state index contributed by atoms with van der Waals surface area (Å²) in [6, 6.07) is 19.9. The predicted molar refractivity (Wildman–Crippen MR) is 125 cm³/mol. The molecule has 0 spiro atoms. The summed E-state index contributed by atoms with van der Waals surface area (Å²) in [4.78, 5) is 10.2. The van der Waals surface area contributed by atoms with Crippen molar-refractivity contribution in [3.05, 3.63) is 71.8 Å². The van der Waals surface area contributed by atoms with E-state index in [9.17, 15) is 9.46 Å². The fourth-order valence-corrected chi connectivity index (χ4v) is 4.62. The minimum atomic E-state index is -3.73. The van der Waals surface area contributed by atoms with E-state index in [2.05, 4.69) is 0 Å². The van der Waals surface area contributed by atoms with E-state index in [1.54, 1.807) is 6.92 Å². The van der Waals surface area contributed by atoms with Gasteiger partial charge in [0, 0.05) is 25.6 Å². The SMILES string of the molecule is CCCO[C@@H]1C[C@H](OCc2ccccc2)C[C@@H](OCc2ccccc2)[C@H]1OP(=O)(O)CC.